The van der Waals surface area contributed by atoms with E-state index in [9.17, 15) is 4.79 Å². The largest absolute Gasteiger partial charge is 0.497 e. The molecule has 4 nitrogen and oxygen atoms in total. The van der Waals surface area contributed by atoms with Crippen molar-refractivity contribution in [3.63, 3.8) is 0 Å². The second-order valence-corrected chi connectivity index (χ2v) is 6.24. The first kappa shape index (κ1) is 16.9. The molecule has 0 saturated carbocycles. The zero-order valence-corrected chi connectivity index (χ0v) is 14.5. The van der Waals surface area contributed by atoms with Crippen molar-refractivity contribution in [2.45, 2.75) is 6.42 Å². The Balaban J connectivity index is 1.79. The third-order valence-corrected chi connectivity index (χ3v) is 4.48. The smallest absolute Gasteiger partial charge is 0.365 e. The molecule has 0 unspecified atom stereocenters. The molecule has 0 N–H and O–H groups in total. The normalized spacial score (nSPS) is 11.2. The van der Waals surface area contributed by atoms with E-state index in [-0.39, 0.29) is 0 Å². The van der Waals surface area contributed by atoms with Crippen LogP contribution in [0.2, 0.25) is 0 Å². The maximum Gasteiger partial charge on any atom is 0.365 e. The van der Waals surface area contributed by atoms with Crippen LogP contribution < -0.4 is 4.74 Å². The quantitative estimate of drug-likeness (QED) is 0.371. The van der Waals surface area contributed by atoms with Gasteiger partial charge in [-0.2, -0.15) is 0 Å². The lowest BCUT2D eigenvalue weighted by atomic mass is 10.1. The topological polar surface area (TPSA) is 47.9 Å². The van der Waals surface area contributed by atoms with Crippen molar-refractivity contribution >= 4 is 23.0 Å². The van der Waals surface area contributed by atoms with Crippen molar-refractivity contribution < 1.29 is 14.4 Å². The van der Waals surface area contributed by atoms with Gasteiger partial charge in [0.1, 0.15) is 11.5 Å². The molecule has 1 aromatic heterocycles. The number of hydrogen-bond donors (Lipinski definition) is 0. The van der Waals surface area contributed by atoms with Gasteiger partial charge in [-0.3, -0.25) is 0 Å². The molecule has 0 saturated heterocycles. The van der Waals surface area contributed by atoms with Crippen LogP contribution in [0.5, 0.6) is 5.75 Å². The molecule has 0 amide bonds. The SMILES string of the molecule is COc1cccc(C(=O)ON=C(Cc2ccccc2)c2cccs2)c1. The Morgan fingerprint density at radius 3 is 2.60 bits per heavy atom. The first-order chi connectivity index (χ1) is 12.3. The van der Waals surface area contributed by atoms with Crippen LogP contribution in [0, 0.1) is 0 Å². The lowest BCUT2D eigenvalue weighted by molar-refractivity contribution is 0.0515. The summed E-state index contributed by atoms with van der Waals surface area (Å²) < 4.78 is 5.13. The Morgan fingerprint density at radius 1 is 1.04 bits per heavy atom. The minimum Gasteiger partial charge on any atom is -0.497 e. The summed E-state index contributed by atoms with van der Waals surface area (Å²) in [4.78, 5) is 18.4. The van der Waals surface area contributed by atoms with Gasteiger partial charge in [0.05, 0.1) is 17.6 Å². The highest BCUT2D eigenvalue weighted by Crippen LogP contribution is 2.16. The number of carbonyl (C=O) groups excluding carboxylic acids is 1. The van der Waals surface area contributed by atoms with E-state index in [0.29, 0.717) is 17.7 Å². The molecule has 0 spiro atoms. The van der Waals surface area contributed by atoms with Crippen LogP contribution in [0.3, 0.4) is 0 Å². The van der Waals surface area contributed by atoms with Gasteiger partial charge in [0.2, 0.25) is 0 Å². The van der Waals surface area contributed by atoms with Crippen molar-refractivity contribution in [2.75, 3.05) is 7.11 Å². The summed E-state index contributed by atoms with van der Waals surface area (Å²) in [5.41, 5.74) is 2.22. The number of thiophene rings is 1. The fourth-order valence-corrected chi connectivity index (χ4v) is 3.00. The fourth-order valence-electron chi connectivity index (χ4n) is 2.30. The van der Waals surface area contributed by atoms with Crippen molar-refractivity contribution in [3.8, 4) is 5.75 Å². The molecular formula is C20H17NO3S. The lowest BCUT2D eigenvalue weighted by Crippen LogP contribution is -2.08. The van der Waals surface area contributed by atoms with Gasteiger partial charge in [0.15, 0.2) is 0 Å². The van der Waals surface area contributed by atoms with Crippen molar-refractivity contribution in [1.82, 2.24) is 0 Å². The van der Waals surface area contributed by atoms with Gasteiger partial charge < -0.3 is 9.57 Å². The molecule has 2 aromatic carbocycles. The Hall–Kier alpha value is -2.92. The number of carbonyl (C=O) groups is 1. The predicted molar refractivity (Wildman–Crippen MR) is 99.4 cm³/mol. The third kappa shape index (κ3) is 4.55. The molecule has 0 atom stereocenters. The zero-order chi connectivity index (χ0) is 17.5. The molecule has 1 heterocycles. The molecule has 25 heavy (non-hydrogen) atoms. The minimum absolute atomic E-state index is 0.397. The van der Waals surface area contributed by atoms with E-state index < -0.39 is 5.97 Å². The van der Waals surface area contributed by atoms with E-state index in [2.05, 4.69) is 5.16 Å². The molecular weight excluding hydrogens is 334 g/mol. The number of ether oxygens (including phenoxy) is 1. The first-order valence-corrected chi connectivity index (χ1v) is 8.64. The zero-order valence-electron chi connectivity index (χ0n) is 13.7. The van der Waals surface area contributed by atoms with Crippen LogP contribution in [-0.4, -0.2) is 18.8 Å². The van der Waals surface area contributed by atoms with Crippen LogP contribution in [-0.2, 0) is 11.3 Å². The second-order valence-electron chi connectivity index (χ2n) is 5.29. The summed E-state index contributed by atoms with van der Waals surface area (Å²) in [6.45, 7) is 0. The van der Waals surface area contributed by atoms with Gasteiger partial charge in [-0.1, -0.05) is 47.6 Å². The summed E-state index contributed by atoms with van der Waals surface area (Å²) in [7, 11) is 1.55. The van der Waals surface area contributed by atoms with Crippen LogP contribution in [0.1, 0.15) is 20.8 Å². The van der Waals surface area contributed by atoms with Gasteiger partial charge in [-0.15, -0.1) is 11.3 Å². The Bertz CT molecular complexity index is 858. The summed E-state index contributed by atoms with van der Waals surface area (Å²) in [6.07, 6.45) is 0.590. The van der Waals surface area contributed by atoms with Crippen LogP contribution in [0.4, 0.5) is 0 Å². The predicted octanol–water partition coefficient (Wildman–Crippen LogP) is 4.56. The number of oxime groups is 1. The Kier molecular flexibility index (Phi) is 5.59. The molecule has 5 heteroatoms. The molecule has 0 aliphatic heterocycles. The van der Waals surface area contributed by atoms with Gasteiger partial charge >= 0.3 is 5.97 Å². The standard InChI is InChI=1S/C20H17NO3S/c1-23-17-10-5-9-16(14-17)20(22)24-21-18(19-11-6-12-25-19)13-15-7-3-2-4-8-15/h2-12,14H,13H2,1H3. The molecule has 0 bridgehead atoms. The summed E-state index contributed by atoms with van der Waals surface area (Å²) in [5.74, 6) is 0.0854. The van der Waals surface area contributed by atoms with Crippen LogP contribution in [0.15, 0.2) is 77.3 Å². The van der Waals surface area contributed by atoms with Crippen LogP contribution >= 0.6 is 11.3 Å². The summed E-state index contributed by atoms with van der Waals surface area (Å²) >= 11 is 1.56. The summed E-state index contributed by atoms with van der Waals surface area (Å²) in [5, 5.41) is 6.10. The van der Waals surface area contributed by atoms with Crippen molar-refractivity contribution in [1.29, 1.82) is 0 Å². The molecule has 0 fully saturated rings. The third-order valence-electron chi connectivity index (χ3n) is 3.56. The average Bonchev–Trinajstić information content (AvgIpc) is 3.20. The molecule has 3 rings (SSSR count). The number of methoxy groups -OCH3 is 1. The van der Waals surface area contributed by atoms with E-state index in [4.69, 9.17) is 9.57 Å². The lowest BCUT2D eigenvalue weighted by Gasteiger charge is -2.05. The second kappa shape index (κ2) is 8.26. The highest BCUT2D eigenvalue weighted by atomic mass is 32.1. The van der Waals surface area contributed by atoms with E-state index in [1.54, 1.807) is 42.7 Å². The van der Waals surface area contributed by atoms with E-state index in [1.165, 1.54) is 0 Å². The number of hydrogen-bond acceptors (Lipinski definition) is 5. The van der Waals surface area contributed by atoms with E-state index in [1.807, 2.05) is 47.8 Å². The number of benzene rings is 2. The number of nitrogens with zero attached hydrogens (tertiary/aromatic N) is 1. The Labute approximate surface area is 150 Å². The Morgan fingerprint density at radius 2 is 1.88 bits per heavy atom. The van der Waals surface area contributed by atoms with Crippen molar-refractivity contribution in [3.05, 3.63) is 88.1 Å². The van der Waals surface area contributed by atoms with Gasteiger partial charge in [-0.25, -0.2) is 4.79 Å². The van der Waals surface area contributed by atoms with Gasteiger partial charge in [-0.05, 0) is 35.2 Å². The van der Waals surface area contributed by atoms with E-state index >= 15 is 0 Å². The number of rotatable bonds is 6. The minimum atomic E-state index is -0.513. The first-order valence-electron chi connectivity index (χ1n) is 7.76. The molecule has 0 aliphatic rings. The van der Waals surface area contributed by atoms with Gasteiger partial charge in [0, 0.05) is 6.42 Å². The molecule has 3 aromatic rings. The van der Waals surface area contributed by atoms with Gasteiger partial charge in [0.25, 0.3) is 0 Å². The monoisotopic (exact) mass is 351 g/mol. The maximum atomic E-state index is 12.3. The highest BCUT2D eigenvalue weighted by molar-refractivity contribution is 7.12. The summed E-state index contributed by atoms with van der Waals surface area (Å²) in [6, 6.07) is 20.7. The molecule has 126 valence electrons. The average molecular weight is 351 g/mol. The fraction of sp³-hybridized carbons (Fsp3) is 0.100. The van der Waals surface area contributed by atoms with Crippen molar-refractivity contribution in [2.24, 2.45) is 5.16 Å². The molecule has 0 radical (unpaired) electrons. The van der Waals surface area contributed by atoms with E-state index in [0.717, 1.165) is 16.2 Å². The molecule has 0 aliphatic carbocycles. The maximum absolute atomic E-state index is 12.3. The highest BCUT2D eigenvalue weighted by Gasteiger charge is 2.12. The van der Waals surface area contributed by atoms with Crippen LogP contribution in [0.25, 0.3) is 0 Å².